The summed E-state index contributed by atoms with van der Waals surface area (Å²) in [6, 6.07) is 11.1. The van der Waals surface area contributed by atoms with Gasteiger partial charge in [0.1, 0.15) is 0 Å². The Bertz CT molecular complexity index is 297. The number of nitrogens with one attached hydrogen (secondary N) is 1. The zero-order chi connectivity index (χ0) is 12.3. The van der Waals surface area contributed by atoms with Gasteiger partial charge in [0.2, 0.25) is 0 Å². The minimum absolute atomic E-state index is 0.686. The van der Waals surface area contributed by atoms with Gasteiger partial charge in [-0.1, -0.05) is 69.2 Å². The van der Waals surface area contributed by atoms with Crippen molar-refractivity contribution < 1.29 is 0 Å². The zero-order valence-corrected chi connectivity index (χ0v) is 11.2. The fraction of sp³-hybridized carbons (Fsp3) is 0.500. The Kier molecular flexibility index (Phi) is 7.40. The predicted molar refractivity (Wildman–Crippen MR) is 77.1 cm³/mol. The van der Waals surface area contributed by atoms with Gasteiger partial charge in [-0.2, -0.15) is 0 Å². The number of benzene rings is 1. The van der Waals surface area contributed by atoms with Crippen LogP contribution in [0.25, 0.3) is 6.08 Å². The third-order valence-electron chi connectivity index (χ3n) is 2.91. The third-order valence-corrected chi connectivity index (χ3v) is 2.91. The van der Waals surface area contributed by atoms with Crippen LogP contribution < -0.4 is 5.32 Å². The highest BCUT2D eigenvalue weighted by Gasteiger charge is 2.03. The summed E-state index contributed by atoms with van der Waals surface area (Å²) >= 11 is 0. The van der Waals surface area contributed by atoms with Crippen LogP contribution in [-0.2, 0) is 0 Å². The van der Waals surface area contributed by atoms with Crippen LogP contribution in [0.5, 0.6) is 0 Å². The SMILES string of the molecule is CCCC(CCC)NC/C=C/c1ccccc1. The molecule has 17 heavy (non-hydrogen) atoms. The van der Waals surface area contributed by atoms with Crippen LogP contribution in [0, 0.1) is 0 Å². The van der Waals surface area contributed by atoms with Gasteiger partial charge < -0.3 is 5.32 Å². The molecule has 1 aromatic rings. The first kappa shape index (κ1) is 14.0. The lowest BCUT2D eigenvalue weighted by atomic mass is 10.1. The van der Waals surface area contributed by atoms with E-state index in [1.54, 1.807) is 0 Å². The van der Waals surface area contributed by atoms with Gasteiger partial charge in [0.15, 0.2) is 0 Å². The van der Waals surface area contributed by atoms with E-state index >= 15 is 0 Å². The van der Waals surface area contributed by atoms with Gasteiger partial charge in [-0.25, -0.2) is 0 Å². The number of hydrogen-bond acceptors (Lipinski definition) is 1. The molecule has 0 bridgehead atoms. The van der Waals surface area contributed by atoms with Crippen LogP contribution >= 0.6 is 0 Å². The molecule has 1 rings (SSSR count). The standard InChI is InChI=1S/C16H25N/c1-3-9-16(10-4-2)17-14-8-13-15-11-6-5-7-12-15/h5-8,11-13,16-17H,3-4,9-10,14H2,1-2H3/b13-8+. The molecule has 0 radical (unpaired) electrons. The minimum atomic E-state index is 0.686. The van der Waals surface area contributed by atoms with Crippen molar-refractivity contribution in [2.24, 2.45) is 0 Å². The fourth-order valence-electron chi connectivity index (χ4n) is 2.04. The normalized spacial score (nSPS) is 11.5. The summed E-state index contributed by atoms with van der Waals surface area (Å²) in [5.41, 5.74) is 1.27. The number of rotatable bonds is 8. The van der Waals surface area contributed by atoms with Crippen molar-refractivity contribution in [2.75, 3.05) is 6.54 Å². The molecular formula is C16H25N. The first-order valence-corrected chi connectivity index (χ1v) is 6.81. The van der Waals surface area contributed by atoms with Gasteiger partial charge in [-0.3, -0.25) is 0 Å². The van der Waals surface area contributed by atoms with Crippen molar-refractivity contribution in [3.05, 3.63) is 42.0 Å². The number of hydrogen-bond donors (Lipinski definition) is 1. The molecule has 1 heteroatoms. The second kappa shape index (κ2) is 9.00. The van der Waals surface area contributed by atoms with E-state index in [0.717, 1.165) is 6.54 Å². The molecule has 1 N–H and O–H groups in total. The van der Waals surface area contributed by atoms with Crippen LogP contribution in [0.3, 0.4) is 0 Å². The largest absolute Gasteiger partial charge is 0.311 e. The molecule has 0 aliphatic heterocycles. The van der Waals surface area contributed by atoms with Crippen molar-refractivity contribution in [3.63, 3.8) is 0 Å². The Morgan fingerprint density at radius 1 is 1.06 bits per heavy atom. The van der Waals surface area contributed by atoms with Crippen molar-refractivity contribution in [2.45, 2.75) is 45.6 Å². The summed E-state index contributed by atoms with van der Waals surface area (Å²) in [4.78, 5) is 0. The van der Waals surface area contributed by atoms with Crippen LogP contribution in [0.1, 0.15) is 45.1 Å². The van der Waals surface area contributed by atoms with Crippen LogP contribution in [0.2, 0.25) is 0 Å². The zero-order valence-electron chi connectivity index (χ0n) is 11.2. The van der Waals surface area contributed by atoms with Crippen molar-refractivity contribution >= 4 is 6.08 Å². The van der Waals surface area contributed by atoms with Gasteiger partial charge in [0.25, 0.3) is 0 Å². The van der Waals surface area contributed by atoms with E-state index in [2.05, 4.69) is 55.6 Å². The van der Waals surface area contributed by atoms with E-state index in [1.165, 1.54) is 31.2 Å². The van der Waals surface area contributed by atoms with Crippen LogP contribution in [0.4, 0.5) is 0 Å². The third kappa shape index (κ3) is 6.28. The average molecular weight is 231 g/mol. The van der Waals surface area contributed by atoms with E-state index in [0.29, 0.717) is 6.04 Å². The van der Waals surface area contributed by atoms with Crippen molar-refractivity contribution in [1.29, 1.82) is 0 Å². The molecule has 0 fully saturated rings. The molecule has 0 amide bonds. The second-order valence-electron chi connectivity index (χ2n) is 4.50. The molecule has 0 aliphatic rings. The molecule has 0 heterocycles. The van der Waals surface area contributed by atoms with Gasteiger partial charge in [-0.05, 0) is 18.4 Å². The Labute approximate surface area is 106 Å². The highest BCUT2D eigenvalue weighted by atomic mass is 14.9. The maximum atomic E-state index is 3.61. The molecule has 0 saturated heterocycles. The summed E-state index contributed by atoms with van der Waals surface area (Å²) in [6.45, 7) is 5.48. The Hall–Kier alpha value is -1.08. The lowest BCUT2D eigenvalue weighted by molar-refractivity contribution is 0.464. The molecule has 0 saturated carbocycles. The maximum Gasteiger partial charge on any atom is 0.0140 e. The summed E-state index contributed by atoms with van der Waals surface area (Å²) in [5.74, 6) is 0. The quantitative estimate of drug-likeness (QED) is 0.705. The second-order valence-corrected chi connectivity index (χ2v) is 4.50. The van der Waals surface area contributed by atoms with Crippen molar-refractivity contribution in [3.8, 4) is 0 Å². The first-order chi connectivity index (χ1) is 8.36. The fourth-order valence-corrected chi connectivity index (χ4v) is 2.04. The van der Waals surface area contributed by atoms with Gasteiger partial charge in [-0.15, -0.1) is 0 Å². The van der Waals surface area contributed by atoms with E-state index < -0.39 is 0 Å². The van der Waals surface area contributed by atoms with Gasteiger partial charge >= 0.3 is 0 Å². The average Bonchev–Trinajstić information content (AvgIpc) is 2.36. The Morgan fingerprint density at radius 2 is 1.71 bits per heavy atom. The Morgan fingerprint density at radius 3 is 2.29 bits per heavy atom. The molecule has 1 nitrogen and oxygen atoms in total. The first-order valence-electron chi connectivity index (χ1n) is 6.81. The monoisotopic (exact) mass is 231 g/mol. The minimum Gasteiger partial charge on any atom is -0.311 e. The van der Waals surface area contributed by atoms with E-state index in [1.807, 2.05) is 6.07 Å². The highest BCUT2D eigenvalue weighted by molar-refractivity contribution is 5.48. The van der Waals surface area contributed by atoms with Crippen LogP contribution in [-0.4, -0.2) is 12.6 Å². The molecule has 0 aromatic heterocycles. The summed E-state index contributed by atoms with van der Waals surface area (Å²) in [7, 11) is 0. The topological polar surface area (TPSA) is 12.0 Å². The molecule has 0 atom stereocenters. The van der Waals surface area contributed by atoms with E-state index in [9.17, 15) is 0 Å². The van der Waals surface area contributed by atoms with Gasteiger partial charge in [0.05, 0.1) is 0 Å². The van der Waals surface area contributed by atoms with Crippen molar-refractivity contribution in [1.82, 2.24) is 5.32 Å². The highest BCUT2D eigenvalue weighted by Crippen LogP contribution is 2.04. The summed E-state index contributed by atoms with van der Waals surface area (Å²) in [6.07, 6.45) is 9.50. The van der Waals surface area contributed by atoms with Gasteiger partial charge in [0, 0.05) is 12.6 Å². The summed E-state index contributed by atoms with van der Waals surface area (Å²) < 4.78 is 0. The van der Waals surface area contributed by atoms with E-state index in [4.69, 9.17) is 0 Å². The molecule has 94 valence electrons. The molecule has 1 aromatic carbocycles. The molecule has 0 unspecified atom stereocenters. The lowest BCUT2D eigenvalue weighted by Crippen LogP contribution is -2.28. The molecule has 0 spiro atoms. The predicted octanol–water partition coefficient (Wildman–Crippen LogP) is 4.26. The maximum absolute atomic E-state index is 3.61. The Balaban J connectivity index is 2.28. The smallest absolute Gasteiger partial charge is 0.0140 e. The summed E-state index contributed by atoms with van der Waals surface area (Å²) in [5, 5.41) is 3.61. The molecule has 0 aliphatic carbocycles. The van der Waals surface area contributed by atoms with Crippen LogP contribution in [0.15, 0.2) is 36.4 Å². The lowest BCUT2D eigenvalue weighted by Gasteiger charge is -2.15. The molecular weight excluding hydrogens is 206 g/mol. The van der Waals surface area contributed by atoms with E-state index in [-0.39, 0.29) is 0 Å².